The Kier molecular flexibility index (Phi) is 4.02. The van der Waals surface area contributed by atoms with E-state index in [2.05, 4.69) is 15.2 Å². The van der Waals surface area contributed by atoms with E-state index in [0.29, 0.717) is 37.2 Å². The van der Waals surface area contributed by atoms with Gasteiger partial charge in [-0.15, -0.1) is 0 Å². The zero-order valence-electron chi connectivity index (χ0n) is 13.7. The molecular formula is C17H17N5O3. The molecule has 1 aliphatic rings. The van der Waals surface area contributed by atoms with Gasteiger partial charge < -0.3 is 14.2 Å². The van der Waals surface area contributed by atoms with Gasteiger partial charge in [-0.25, -0.2) is 4.68 Å². The van der Waals surface area contributed by atoms with Crippen LogP contribution in [0.4, 0.5) is 0 Å². The first-order valence-corrected chi connectivity index (χ1v) is 8.02. The Morgan fingerprint density at radius 2 is 2.08 bits per heavy atom. The molecule has 1 saturated heterocycles. The van der Waals surface area contributed by atoms with Crippen molar-refractivity contribution in [2.24, 2.45) is 0 Å². The number of aromatic nitrogens is 4. The van der Waals surface area contributed by atoms with Crippen molar-refractivity contribution in [2.45, 2.75) is 13.0 Å². The second-order valence-corrected chi connectivity index (χ2v) is 5.75. The third-order valence-corrected chi connectivity index (χ3v) is 4.05. The van der Waals surface area contributed by atoms with Crippen LogP contribution in [0.15, 0.2) is 47.1 Å². The molecule has 0 radical (unpaired) electrons. The molecule has 8 heteroatoms. The monoisotopic (exact) mass is 339 g/mol. The lowest BCUT2D eigenvalue weighted by Crippen LogP contribution is -2.43. The smallest absolute Gasteiger partial charge is 0.275 e. The zero-order chi connectivity index (χ0) is 17.2. The Bertz CT molecular complexity index is 873. The number of benzene rings is 1. The van der Waals surface area contributed by atoms with Gasteiger partial charge in [0.2, 0.25) is 0 Å². The minimum atomic E-state index is -0.399. The number of hydrogen-bond acceptors (Lipinski definition) is 6. The normalized spacial score (nSPS) is 17.6. The Morgan fingerprint density at radius 3 is 2.84 bits per heavy atom. The molecule has 3 heterocycles. The summed E-state index contributed by atoms with van der Waals surface area (Å²) in [5.41, 5.74) is 1.26. The third-order valence-electron chi connectivity index (χ3n) is 4.05. The molecule has 8 nitrogen and oxygen atoms in total. The minimum Gasteiger partial charge on any atom is -0.377 e. The summed E-state index contributed by atoms with van der Waals surface area (Å²) < 4.78 is 12.4. The maximum Gasteiger partial charge on any atom is 0.275 e. The highest BCUT2D eigenvalue weighted by Crippen LogP contribution is 2.24. The van der Waals surface area contributed by atoms with Crippen LogP contribution in [0.1, 0.15) is 28.2 Å². The Balaban J connectivity index is 1.60. The molecule has 4 rings (SSSR count). The number of nitrogens with zero attached hydrogens (tertiary/aromatic N) is 5. The Hall–Kier alpha value is -3.00. The highest BCUT2D eigenvalue weighted by atomic mass is 16.5. The van der Waals surface area contributed by atoms with Crippen LogP contribution in [-0.2, 0) is 4.74 Å². The first-order valence-electron chi connectivity index (χ1n) is 8.02. The number of aryl methyl sites for hydroxylation is 1. The SMILES string of the molecule is Cc1noc([C@@H]2COCCN2C(=O)c2ccn(-c3ccccc3)n2)n1. The molecule has 1 aliphatic heterocycles. The van der Waals surface area contributed by atoms with Crippen LogP contribution >= 0.6 is 0 Å². The molecule has 1 amide bonds. The summed E-state index contributed by atoms with van der Waals surface area (Å²) in [4.78, 5) is 18.9. The fraction of sp³-hybridized carbons (Fsp3) is 0.294. The molecule has 0 unspecified atom stereocenters. The Labute approximate surface area is 144 Å². The van der Waals surface area contributed by atoms with E-state index in [0.717, 1.165) is 5.69 Å². The first-order chi connectivity index (χ1) is 12.2. The lowest BCUT2D eigenvalue weighted by Gasteiger charge is -2.32. The van der Waals surface area contributed by atoms with E-state index in [1.165, 1.54) is 0 Å². The number of morpholine rings is 1. The fourth-order valence-electron chi connectivity index (χ4n) is 2.81. The molecule has 25 heavy (non-hydrogen) atoms. The van der Waals surface area contributed by atoms with E-state index in [4.69, 9.17) is 9.26 Å². The summed E-state index contributed by atoms with van der Waals surface area (Å²) in [6.45, 7) is 2.98. The van der Waals surface area contributed by atoms with E-state index in [1.807, 2.05) is 30.3 Å². The van der Waals surface area contributed by atoms with Gasteiger partial charge in [0.05, 0.1) is 18.9 Å². The van der Waals surface area contributed by atoms with Gasteiger partial charge >= 0.3 is 0 Å². The topological polar surface area (TPSA) is 86.3 Å². The van der Waals surface area contributed by atoms with E-state index in [-0.39, 0.29) is 5.91 Å². The van der Waals surface area contributed by atoms with E-state index < -0.39 is 6.04 Å². The molecule has 1 aromatic carbocycles. The maximum absolute atomic E-state index is 12.9. The van der Waals surface area contributed by atoms with Crippen LogP contribution < -0.4 is 0 Å². The molecule has 0 N–H and O–H groups in total. The van der Waals surface area contributed by atoms with Gasteiger partial charge in [-0.05, 0) is 25.1 Å². The minimum absolute atomic E-state index is 0.182. The first kappa shape index (κ1) is 15.5. The van der Waals surface area contributed by atoms with Crippen molar-refractivity contribution in [1.29, 1.82) is 0 Å². The van der Waals surface area contributed by atoms with Crippen molar-refractivity contribution in [1.82, 2.24) is 24.8 Å². The van der Waals surface area contributed by atoms with Crippen molar-refractivity contribution < 1.29 is 14.1 Å². The lowest BCUT2D eigenvalue weighted by atomic mass is 10.2. The lowest BCUT2D eigenvalue weighted by molar-refractivity contribution is -0.0122. The van der Waals surface area contributed by atoms with Gasteiger partial charge in [0, 0.05) is 12.7 Å². The summed E-state index contributed by atoms with van der Waals surface area (Å²) in [6.07, 6.45) is 1.77. The molecule has 0 spiro atoms. The number of hydrogen-bond donors (Lipinski definition) is 0. The number of rotatable bonds is 3. The number of ether oxygens (including phenoxy) is 1. The second kappa shape index (κ2) is 6.48. The standard InChI is InChI=1S/C17H17N5O3/c1-12-18-16(25-20-12)15-11-24-10-9-21(15)17(23)14-7-8-22(19-14)13-5-3-2-4-6-13/h2-8,15H,9-11H2,1H3/t15-/m0/s1. The van der Waals surface area contributed by atoms with Crippen molar-refractivity contribution in [2.75, 3.05) is 19.8 Å². The highest BCUT2D eigenvalue weighted by molar-refractivity contribution is 5.92. The number of carbonyl (C=O) groups excluding carboxylic acids is 1. The molecule has 1 fully saturated rings. The molecule has 0 aliphatic carbocycles. The predicted octanol–water partition coefficient (Wildman–Crippen LogP) is 1.78. The number of carbonyl (C=O) groups is 1. The summed E-state index contributed by atoms with van der Waals surface area (Å²) in [7, 11) is 0. The van der Waals surface area contributed by atoms with Gasteiger partial charge in [0.1, 0.15) is 6.04 Å². The molecule has 1 atom stereocenters. The third kappa shape index (κ3) is 3.03. The zero-order valence-corrected chi connectivity index (χ0v) is 13.7. The average molecular weight is 339 g/mol. The molecule has 0 saturated carbocycles. The quantitative estimate of drug-likeness (QED) is 0.723. The van der Waals surface area contributed by atoms with Gasteiger partial charge in [0.25, 0.3) is 11.8 Å². The molecule has 128 valence electrons. The summed E-state index contributed by atoms with van der Waals surface area (Å²) in [5.74, 6) is 0.730. The van der Waals surface area contributed by atoms with Crippen LogP contribution in [0.3, 0.4) is 0 Å². The van der Waals surface area contributed by atoms with Crippen LogP contribution in [0.2, 0.25) is 0 Å². The van der Waals surface area contributed by atoms with E-state index >= 15 is 0 Å². The van der Waals surface area contributed by atoms with Gasteiger partial charge in [0.15, 0.2) is 11.5 Å². The molecule has 0 bridgehead atoms. The van der Waals surface area contributed by atoms with E-state index in [1.54, 1.807) is 28.8 Å². The van der Waals surface area contributed by atoms with Gasteiger partial charge in [-0.3, -0.25) is 4.79 Å². The summed E-state index contributed by atoms with van der Waals surface area (Å²) >= 11 is 0. The van der Waals surface area contributed by atoms with Crippen molar-refractivity contribution in [3.63, 3.8) is 0 Å². The highest BCUT2D eigenvalue weighted by Gasteiger charge is 2.34. The van der Waals surface area contributed by atoms with Crippen molar-refractivity contribution in [3.8, 4) is 5.69 Å². The summed E-state index contributed by atoms with van der Waals surface area (Å²) in [6, 6.07) is 11.0. The van der Waals surface area contributed by atoms with Gasteiger partial charge in [-0.2, -0.15) is 10.1 Å². The van der Waals surface area contributed by atoms with Crippen molar-refractivity contribution >= 4 is 5.91 Å². The van der Waals surface area contributed by atoms with E-state index in [9.17, 15) is 4.79 Å². The largest absolute Gasteiger partial charge is 0.377 e. The van der Waals surface area contributed by atoms with Crippen LogP contribution in [0.25, 0.3) is 5.69 Å². The number of amides is 1. The predicted molar refractivity (Wildman–Crippen MR) is 87.2 cm³/mol. The molecule has 3 aromatic rings. The van der Waals surface area contributed by atoms with Crippen LogP contribution in [0, 0.1) is 6.92 Å². The number of para-hydroxylation sites is 1. The Morgan fingerprint density at radius 1 is 1.24 bits per heavy atom. The fourth-order valence-corrected chi connectivity index (χ4v) is 2.81. The van der Waals surface area contributed by atoms with Gasteiger partial charge in [-0.1, -0.05) is 23.4 Å². The molecule has 2 aromatic heterocycles. The summed E-state index contributed by atoms with van der Waals surface area (Å²) in [5, 5.41) is 8.21. The second-order valence-electron chi connectivity index (χ2n) is 5.75. The van der Waals surface area contributed by atoms with Crippen LogP contribution in [0.5, 0.6) is 0 Å². The average Bonchev–Trinajstić information content (AvgIpc) is 3.31. The van der Waals surface area contributed by atoms with Crippen LogP contribution in [-0.4, -0.2) is 50.5 Å². The van der Waals surface area contributed by atoms with Crippen molar-refractivity contribution in [3.05, 3.63) is 60.0 Å². The maximum atomic E-state index is 12.9. The molecular weight excluding hydrogens is 322 g/mol.